The number of hydrogen-bond acceptors (Lipinski definition) is 8. The van der Waals surface area contributed by atoms with E-state index in [2.05, 4.69) is 46.4 Å². The average Bonchev–Trinajstić information content (AvgIpc) is 3.41. The largest absolute Gasteiger partial charge is 0.358 e. The van der Waals surface area contributed by atoms with E-state index in [0.29, 0.717) is 49.8 Å². The average molecular weight is 518 g/mol. The molecule has 12 heteroatoms. The van der Waals surface area contributed by atoms with Gasteiger partial charge in [0.15, 0.2) is 11.6 Å². The first-order chi connectivity index (χ1) is 15.1. The van der Waals surface area contributed by atoms with E-state index in [4.69, 9.17) is 16.6 Å². The van der Waals surface area contributed by atoms with Gasteiger partial charge in [-0.05, 0) is 34.5 Å². The molecule has 9 nitrogen and oxygen atoms in total. The zero-order valence-electron chi connectivity index (χ0n) is 16.0. The van der Waals surface area contributed by atoms with Crippen molar-refractivity contribution in [3.8, 4) is 5.82 Å². The number of aromatic amines is 1. The maximum atomic E-state index is 13.6. The number of halogens is 2. The standard InChI is InChI=1S/C19H14BrClN8OS/c1-2-11(26-15-14-18(23-7-22-15)31-8-24-14)17-27-12-5-3-4-10(21)13(12)19(30)29(17)16-9(20)6-25-28-16/h3-8,11H,2H2,1H3,(H,25,28)(H,22,23,26)/t11-/m0/s1. The van der Waals surface area contributed by atoms with Gasteiger partial charge in [0.2, 0.25) is 0 Å². The van der Waals surface area contributed by atoms with E-state index in [1.165, 1.54) is 22.2 Å². The topological polar surface area (TPSA) is 114 Å². The molecule has 0 unspecified atom stereocenters. The van der Waals surface area contributed by atoms with Crippen LogP contribution in [0, 0.1) is 0 Å². The number of anilines is 1. The van der Waals surface area contributed by atoms with Crippen molar-refractivity contribution in [3.05, 3.63) is 61.9 Å². The summed E-state index contributed by atoms with van der Waals surface area (Å²) in [7, 11) is 0. The minimum absolute atomic E-state index is 0.294. The fourth-order valence-corrected chi connectivity index (χ4v) is 4.64. The third-order valence-corrected chi connectivity index (χ3v) is 6.46. The molecule has 0 radical (unpaired) electrons. The van der Waals surface area contributed by atoms with Gasteiger partial charge in [-0.2, -0.15) is 5.10 Å². The number of fused-ring (bicyclic) bond motifs is 2. The third kappa shape index (κ3) is 3.38. The van der Waals surface area contributed by atoms with Gasteiger partial charge in [0.25, 0.3) is 5.56 Å². The van der Waals surface area contributed by atoms with Crippen molar-refractivity contribution in [1.82, 2.24) is 34.7 Å². The Balaban J connectivity index is 1.75. The number of H-pyrrole nitrogens is 1. The number of thiazole rings is 1. The summed E-state index contributed by atoms with van der Waals surface area (Å²) in [5, 5.41) is 11.0. The molecule has 0 aliphatic heterocycles. The van der Waals surface area contributed by atoms with Crippen LogP contribution in [0.5, 0.6) is 0 Å². The van der Waals surface area contributed by atoms with Gasteiger partial charge in [-0.25, -0.2) is 24.5 Å². The van der Waals surface area contributed by atoms with Crippen LogP contribution in [-0.2, 0) is 0 Å². The lowest BCUT2D eigenvalue weighted by Gasteiger charge is -2.21. The number of aromatic nitrogens is 7. The summed E-state index contributed by atoms with van der Waals surface area (Å²) in [6, 6.07) is 4.86. The molecule has 5 aromatic rings. The smallest absolute Gasteiger partial charge is 0.268 e. The van der Waals surface area contributed by atoms with E-state index in [1.807, 2.05) is 6.92 Å². The van der Waals surface area contributed by atoms with E-state index in [-0.39, 0.29) is 11.6 Å². The Morgan fingerprint density at radius 3 is 2.97 bits per heavy atom. The Morgan fingerprint density at radius 1 is 1.32 bits per heavy atom. The first-order valence-electron chi connectivity index (χ1n) is 9.29. The van der Waals surface area contributed by atoms with Gasteiger partial charge in [0.1, 0.15) is 22.5 Å². The number of benzene rings is 1. The van der Waals surface area contributed by atoms with Crippen LogP contribution in [0.2, 0.25) is 5.02 Å². The molecule has 2 N–H and O–H groups in total. The van der Waals surface area contributed by atoms with Gasteiger partial charge in [-0.3, -0.25) is 9.89 Å². The molecule has 0 saturated heterocycles. The van der Waals surface area contributed by atoms with Crippen LogP contribution in [-0.4, -0.2) is 34.7 Å². The van der Waals surface area contributed by atoms with Crippen LogP contribution in [0.4, 0.5) is 5.82 Å². The van der Waals surface area contributed by atoms with E-state index >= 15 is 0 Å². The lowest BCUT2D eigenvalue weighted by atomic mass is 10.1. The Bertz CT molecular complexity index is 1480. The number of rotatable bonds is 5. The molecule has 156 valence electrons. The Morgan fingerprint density at radius 2 is 2.19 bits per heavy atom. The summed E-state index contributed by atoms with van der Waals surface area (Å²) in [6.07, 6.45) is 3.70. The first-order valence-corrected chi connectivity index (χ1v) is 11.3. The lowest BCUT2D eigenvalue weighted by Crippen LogP contribution is -2.29. The van der Waals surface area contributed by atoms with Crippen LogP contribution < -0.4 is 10.9 Å². The van der Waals surface area contributed by atoms with Gasteiger partial charge in [-0.1, -0.05) is 24.6 Å². The summed E-state index contributed by atoms with van der Waals surface area (Å²) < 4.78 is 2.12. The molecule has 31 heavy (non-hydrogen) atoms. The predicted octanol–water partition coefficient (Wildman–Crippen LogP) is 4.49. The van der Waals surface area contributed by atoms with Gasteiger partial charge >= 0.3 is 0 Å². The normalized spacial score (nSPS) is 12.5. The second-order valence-corrected chi connectivity index (χ2v) is 8.74. The van der Waals surface area contributed by atoms with Gasteiger partial charge < -0.3 is 5.32 Å². The van der Waals surface area contributed by atoms with Gasteiger partial charge in [0.05, 0.1) is 38.1 Å². The number of hydrogen-bond donors (Lipinski definition) is 2. The molecule has 0 aliphatic carbocycles. The van der Waals surface area contributed by atoms with Gasteiger partial charge in [-0.15, -0.1) is 11.3 Å². The number of nitrogens with one attached hydrogen (secondary N) is 2. The van der Waals surface area contributed by atoms with Gasteiger partial charge in [0, 0.05) is 0 Å². The van der Waals surface area contributed by atoms with Crippen molar-refractivity contribution >= 4 is 65.9 Å². The van der Waals surface area contributed by atoms with Crippen LogP contribution >= 0.6 is 38.9 Å². The second-order valence-electron chi connectivity index (χ2n) is 6.64. The van der Waals surface area contributed by atoms with Crippen molar-refractivity contribution in [2.24, 2.45) is 0 Å². The molecule has 0 spiro atoms. The van der Waals surface area contributed by atoms with E-state index in [1.54, 1.807) is 29.9 Å². The highest BCUT2D eigenvalue weighted by Crippen LogP contribution is 2.29. The molecule has 4 aromatic heterocycles. The minimum Gasteiger partial charge on any atom is -0.358 e. The molecule has 0 aliphatic rings. The van der Waals surface area contributed by atoms with Crippen molar-refractivity contribution in [1.29, 1.82) is 0 Å². The SMILES string of the molecule is CC[C@H](Nc1ncnc2scnc12)c1nc2cccc(Cl)c2c(=O)n1-c1[nH]ncc1Br. The first kappa shape index (κ1) is 20.0. The lowest BCUT2D eigenvalue weighted by molar-refractivity contribution is 0.652. The predicted molar refractivity (Wildman–Crippen MR) is 124 cm³/mol. The molecule has 4 heterocycles. The molecule has 0 amide bonds. The summed E-state index contributed by atoms with van der Waals surface area (Å²) in [5.41, 5.74) is 2.61. The zero-order valence-corrected chi connectivity index (χ0v) is 19.2. The molecule has 0 saturated carbocycles. The highest BCUT2D eigenvalue weighted by molar-refractivity contribution is 9.10. The van der Waals surface area contributed by atoms with Crippen molar-refractivity contribution < 1.29 is 0 Å². The van der Waals surface area contributed by atoms with Crippen molar-refractivity contribution in [3.63, 3.8) is 0 Å². The Labute approximate surface area is 192 Å². The monoisotopic (exact) mass is 516 g/mol. The summed E-state index contributed by atoms with van der Waals surface area (Å²) in [6.45, 7) is 2.00. The fraction of sp³-hybridized carbons (Fsp3) is 0.158. The molecule has 5 rings (SSSR count). The maximum Gasteiger partial charge on any atom is 0.268 e. The molecular weight excluding hydrogens is 504 g/mol. The van der Waals surface area contributed by atoms with Crippen LogP contribution in [0.15, 0.2) is 45.5 Å². The molecule has 1 aromatic carbocycles. The molecular formula is C19H14BrClN8OS. The minimum atomic E-state index is -0.355. The number of nitrogens with zero attached hydrogens (tertiary/aromatic N) is 6. The zero-order chi connectivity index (χ0) is 21.5. The summed E-state index contributed by atoms with van der Waals surface area (Å²) in [4.78, 5) is 32.1. The van der Waals surface area contributed by atoms with Crippen LogP contribution in [0.3, 0.4) is 0 Å². The summed E-state index contributed by atoms with van der Waals surface area (Å²) >= 11 is 11.2. The highest BCUT2D eigenvalue weighted by atomic mass is 79.9. The van der Waals surface area contributed by atoms with E-state index in [9.17, 15) is 4.79 Å². The fourth-order valence-electron chi connectivity index (χ4n) is 3.39. The second kappa shape index (κ2) is 7.98. The van der Waals surface area contributed by atoms with Crippen molar-refractivity contribution in [2.75, 3.05) is 5.32 Å². The van der Waals surface area contributed by atoms with Crippen LogP contribution in [0.1, 0.15) is 25.2 Å². The van der Waals surface area contributed by atoms with Crippen LogP contribution in [0.25, 0.3) is 27.1 Å². The van der Waals surface area contributed by atoms with Crippen molar-refractivity contribution in [2.45, 2.75) is 19.4 Å². The summed E-state index contributed by atoms with van der Waals surface area (Å²) in [5.74, 6) is 1.54. The molecule has 1 atom stereocenters. The Kier molecular flexibility index (Phi) is 5.16. The Hall–Kier alpha value is -2.89. The molecule has 0 fully saturated rings. The molecule has 0 bridgehead atoms. The van der Waals surface area contributed by atoms with E-state index in [0.717, 1.165) is 4.83 Å². The van der Waals surface area contributed by atoms with E-state index < -0.39 is 0 Å². The third-order valence-electron chi connectivity index (χ3n) is 4.84. The highest BCUT2D eigenvalue weighted by Gasteiger charge is 2.24. The quantitative estimate of drug-likeness (QED) is 0.353. The maximum absolute atomic E-state index is 13.6.